The fraction of sp³-hybridized carbons (Fsp3) is 0.421. The number of hydrogen-bond donors (Lipinski definition) is 1. The van der Waals surface area contributed by atoms with Gasteiger partial charge in [0.05, 0.1) is 17.6 Å². The van der Waals surface area contributed by atoms with Gasteiger partial charge in [0.25, 0.3) is 0 Å². The van der Waals surface area contributed by atoms with Crippen LogP contribution in [0.4, 0.5) is 5.69 Å². The van der Waals surface area contributed by atoms with Gasteiger partial charge in [-0.25, -0.2) is 0 Å². The number of benzene rings is 1. The predicted molar refractivity (Wildman–Crippen MR) is 95.9 cm³/mol. The Morgan fingerprint density at radius 1 is 1.09 bits per heavy atom. The first-order valence-electron chi connectivity index (χ1n) is 8.43. The molecule has 3 aliphatic rings. The minimum atomic E-state index is 0.542. The minimum absolute atomic E-state index is 0.542. The fourth-order valence-corrected chi connectivity index (χ4v) is 4.13. The second-order valence-corrected chi connectivity index (χ2v) is 7.16. The Bertz CT molecular complexity index is 658. The van der Waals surface area contributed by atoms with Crippen LogP contribution in [-0.2, 0) is 0 Å². The molecule has 2 bridgehead atoms. The third-order valence-electron chi connectivity index (χ3n) is 5.41. The molecule has 2 atom stereocenters. The lowest BCUT2D eigenvalue weighted by atomic mass is 9.79. The molecule has 0 amide bonds. The predicted octanol–water partition coefficient (Wildman–Crippen LogP) is 4.30. The Hall–Kier alpha value is -1.58. The standard InChI is InChI=1S/C19H22ClN3/c1-13-19(15-8-10-23(13)11-9-15)22-17-6-7-18(21-12-17)14-2-4-16(20)5-3-14/h2-7,12-13,15,19,22H,8-11H2,1H3/t13-,19-/m1/s1. The van der Waals surface area contributed by atoms with E-state index < -0.39 is 0 Å². The SMILES string of the molecule is C[C@@H]1[C@@H](Nc2ccc(-c3ccc(Cl)cc3)nc2)C2CCN1CC2. The second kappa shape index (κ2) is 6.14. The highest BCUT2D eigenvalue weighted by Crippen LogP contribution is 2.34. The number of pyridine rings is 1. The summed E-state index contributed by atoms with van der Waals surface area (Å²) < 4.78 is 0. The Morgan fingerprint density at radius 2 is 1.83 bits per heavy atom. The van der Waals surface area contributed by atoms with Crippen LogP contribution in [-0.4, -0.2) is 35.1 Å². The number of rotatable bonds is 3. The summed E-state index contributed by atoms with van der Waals surface area (Å²) in [6.07, 6.45) is 4.59. The Morgan fingerprint density at radius 3 is 2.43 bits per heavy atom. The molecular formula is C19H22ClN3. The van der Waals surface area contributed by atoms with Crippen molar-refractivity contribution in [3.05, 3.63) is 47.6 Å². The summed E-state index contributed by atoms with van der Waals surface area (Å²) in [5.74, 6) is 0.797. The van der Waals surface area contributed by atoms with Crippen LogP contribution in [0.2, 0.25) is 5.02 Å². The van der Waals surface area contributed by atoms with Gasteiger partial charge in [-0.15, -0.1) is 0 Å². The summed E-state index contributed by atoms with van der Waals surface area (Å²) in [5.41, 5.74) is 3.19. The highest BCUT2D eigenvalue weighted by molar-refractivity contribution is 6.30. The van der Waals surface area contributed by atoms with Crippen molar-refractivity contribution in [3.8, 4) is 11.3 Å². The summed E-state index contributed by atoms with van der Waals surface area (Å²) in [4.78, 5) is 7.22. The molecule has 23 heavy (non-hydrogen) atoms. The van der Waals surface area contributed by atoms with E-state index in [-0.39, 0.29) is 0 Å². The number of halogens is 1. The molecule has 1 aromatic carbocycles. The smallest absolute Gasteiger partial charge is 0.0703 e. The van der Waals surface area contributed by atoms with E-state index in [0.29, 0.717) is 12.1 Å². The largest absolute Gasteiger partial charge is 0.379 e. The molecule has 120 valence electrons. The Kier molecular flexibility index (Phi) is 4.00. The molecule has 3 nitrogen and oxygen atoms in total. The first-order valence-corrected chi connectivity index (χ1v) is 8.81. The Labute approximate surface area is 142 Å². The number of anilines is 1. The van der Waals surface area contributed by atoms with Crippen molar-refractivity contribution in [1.29, 1.82) is 0 Å². The van der Waals surface area contributed by atoms with Crippen molar-refractivity contribution in [2.75, 3.05) is 18.4 Å². The zero-order valence-corrected chi connectivity index (χ0v) is 14.1. The number of fused-ring (bicyclic) bond motifs is 3. The van der Waals surface area contributed by atoms with Crippen molar-refractivity contribution < 1.29 is 0 Å². The van der Waals surface area contributed by atoms with Crippen molar-refractivity contribution in [3.63, 3.8) is 0 Å². The maximum Gasteiger partial charge on any atom is 0.0703 e. The zero-order chi connectivity index (χ0) is 15.8. The molecule has 0 spiro atoms. The monoisotopic (exact) mass is 327 g/mol. The zero-order valence-electron chi connectivity index (χ0n) is 13.4. The average Bonchev–Trinajstić information content (AvgIpc) is 2.60. The van der Waals surface area contributed by atoms with Gasteiger partial charge in [-0.05, 0) is 63.0 Å². The van der Waals surface area contributed by atoms with Crippen LogP contribution in [0, 0.1) is 5.92 Å². The number of aromatic nitrogens is 1. The van der Waals surface area contributed by atoms with Crippen LogP contribution in [0.3, 0.4) is 0 Å². The molecule has 4 heteroatoms. The van der Waals surface area contributed by atoms with Crippen molar-refractivity contribution in [2.45, 2.75) is 31.8 Å². The van der Waals surface area contributed by atoms with Crippen LogP contribution in [0.1, 0.15) is 19.8 Å². The maximum atomic E-state index is 5.94. The molecule has 3 aliphatic heterocycles. The van der Waals surface area contributed by atoms with Gasteiger partial charge < -0.3 is 5.32 Å². The molecule has 4 heterocycles. The van der Waals surface area contributed by atoms with Crippen molar-refractivity contribution in [2.24, 2.45) is 5.92 Å². The van der Waals surface area contributed by atoms with Crippen LogP contribution in [0.15, 0.2) is 42.6 Å². The summed E-state index contributed by atoms with van der Waals surface area (Å²) >= 11 is 5.94. The van der Waals surface area contributed by atoms with E-state index >= 15 is 0 Å². The third-order valence-corrected chi connectivity index (χ3v) is 5.67. The Balaban J connectivity index is 1.49. The van der Waals surface area contributed by atoms with Crippen LogP contribution in [0.25, 0.3) is 11.3 Å². The van der Waals surface area contributed by atoms with Gasteiger partial charge in [0.1, 0.15) is 0 Å². The lowest BCUT2D eigenvalue weighted by Gasteiger charge is -2.50. The summed E-state index contributed by atoms with van der Waals surface area (Å²) in [7, 11) is 0. The van der Waals surface area contributed by atoms with Gasteiger partial charge in [0, 0.05) is 22.7 Å². The molecule has 0 saturated carbocycles. The maximum absolute atomic E-state index is 5.94. The van der Waals surface area contributed by atoms with Gasteiger partial charge in [0.15, 0.2) is 0 Å². The number of nitrogens with zero attached hydrogens (tertiary/aromatic N) is 2. The number of piperidine rings is 3. The lowest BCUT2D eigenvalue weighted by Crippen LogP contribution is -2.59. The normalized spacial score (nSPS) is 29.5. The highest BCUT2D eigenvalue weighted by atomic mass is 35.5. The van der Waals surface area contributed by atoms with Gasteiger partial charge >= 0.3 is 0 Å². The summed E-state index contributed by atoms with van der Waals surface area (Å²) in [5, 5.41) is 4.48. The van der Waals surface area contributed by atoms with E-state index in [2.05, 4.69) is 34.3 Å². The van der Waals surface area contributed by atoms with Crippen molar-refractivity contribution in [1.82, 2.24) is 9.88 Å². The average molecular weight is 328 g/mol. The van der Waals surface area contributed by atoms with Crippen LogP contribution >= 0.6 is 11.6 Å². The fourth-order valence-electron chi connectivity index (χ4n) is 4.01. The molecule has 3 saturated heterocycles. The molecule has 0 radical (unpaired) electrons. The molecule has 0 unspecified atom stereocenters. The molecule has 5 rings (SSSR count). The second-order valence-electron chi connectivity index (χ2n) is 6.72. The topological polar surface area (TPSA) is 28.2 Å². The van der Waals surface area contributed by atoms with E-state index in [9.17, 15) is 0 Å². The lowest BCUT2D eigenvalue weighted by molar-refractivity contribution is 0.0458. The first-order chi connectivity index (χ1) is 11.2. The molecule has 2 aromatic rings. The van der Waals surface area contributed by atoms with Crippen molar-refractivity contribution >= 4 is 17.3 Å². The molecule has 1 N–H and O–H groups in total. The van der Waals surface area contributed by atoms with Gasteiger partial charge in [-0.3, -0.25) is 9.88 Å². The van der Waals surface area contributed by atoms with E-state index in [1.165, 1.54) is 25.9 Å². The number of hydrogen-bond acceptors (Lipinski definition) is 3. The van der Waals surface area contributed by atoms with Gasteiger partial charge in [-0.1, -0.05) is 23.7 Å². The molecule has 1 aromatic heterocycles. The van der Waals surface area contributed by atoms with E-state index in [1.54, 1.807) is 0 Å². The summed E-state index contributed by atoms with van der Waals surface area (Å²) in [6, 6.07) is 13.2. The molecule has 3 fully saturated rings. The molecule has 0 aliphatic carbocycles. The highest BCUT2D eigenvalue weighted by Gasteiger charge is 2.39. The quantitative estimate of drug-likeness (QED) is 0.911. The molecular weight excluding hydrogens is 306 g/mol. The van der Waals surface area contributed by atoms with Gasteiger partial charge in [-0.2, -0.15) is 0 Å². The number of nitrogens with one attached hydrogen (secondary N) is 1. The van der Waals surface area contributed by atoms with E-state index in [1.807, 2.05) is 30.5 Å². The third kappa shape index (κ3) is 2.96. The van der Waals surface area contributed by atoms with E-state index in [0.717, 1.165) is 27.9 Å². The van der Waals surface area contributed by atoms with Crippen LogP contribution < -0.4 is 5.32 Å². The minimum Gasteiger partial charge on any atom is -0.379 e. The van der Waals surface area contributed by atoms with E-state index in [4.69, 9.17) is 11.6 Å². The first kappa shape index (κ1) is 15.0. The van der Waals surface area contributed by atoms with Crippen LogP contribution in [0.5, 0.6) is 0 Å². The summed E-state index contributed by atoms with van der Waals surface area (Å²) in [6.45, 7) is 4.87. The van der Waals surface area contributed by atoms with Gasteiger partial charge in [0.2, 0.25) is 0 Å².